The molecule has 0 amide bonds. The average Bonchev–Trinajstić information content (AvgIpc) is 2.99. The molecule has 2 rings (SSSR count). The lowest BCUT2D eigenvalue weighted by Crippen LogP contribution is -2.42. The Hall–Kier alpha value is -1.90. The highest BCUT2D eigenvalue weighted by molar-refractivity contribution is 7.33. The summed E-state index contributed by atoms with van der Waals surface area (Å²) in [5.41, 5.74) is -1.24. The van der Waals surface area contributed by atoms with Crippen LogP contribution in [0.3, 0.4) is 0 Å². The fourth-order valence-electron chi connectivity index (χ4n) is 2.01. The third kappa shape index (κ3) is 3.77. The molecular formula is C13H21N4O6P. The molecule has 0 aliphatic carbocycles. The SMILES string of the molecule is CCCCO[PH](=O)On1c(=O)c2c(ncn2COCC)n(C)c1=O. The van der Waals surface area contributed by atoms with Crippen molar-refractivity contribution in [2.24, 2.45) is 7.05 Å². The maximum Gasteiger partial charge on any atom is 0.387 e. The van der Waals surface area contributed by atoms with Gasteiger partial charge in [-0.1, -0.05) is 18.1 Å². The van der Waals surface area contributed by atoms with E-state index in [-0.39, 0.29) is 24.5 Å². The van der Waals surface area contributed by atoms with Crippen molar-refractivity contribution >= 4 is 19.4 Å². The van der Waals surface area contributed by atoms with Crippen molar-refractivity contribution in [3.8, 4) is 0 Å². The summed E-state index contributed by atoms with van der Waals surface area (Å²) in [7, 11) is -1.58. The van der Waals surface area contributed by atoms with Gasteiger partial charge in [0.2, 0.25) is 0 Å². The first-order valence-corrected chi connectivity index (χ1v) is 8.83. The number of ether oxygens (including phenoxy) is 1. The smallest absolute Gasteiger partial charge is 0.361 e. The van der Waals surface area contributed by atoms with E-state index in [4.69, 9.17) is 13.9 Å². The van der Waals surface area contributed by atoms with Crippen LogP contribution >= 0.6 is 8.25 Å². The monoisotopic (exact) mass is 360 g/mol. The summed E-state index contributed by atoms with van der Waals surface area (Å²) in [5.74, 6) is 0. The lowest BCUT2D eigenvalue weighted by molar-refractivity contribution is 0.0901. The average molecular weight is 360 g/mol. The molecule has 2 aromatic rings. The number of unbranched alkanes of at least 4 members (excludes halogenated alkanes) is 1. The summed E-state index contributed by atoms with van der Waals surface area (Å²) < 4.78 is 30.1. The predicted octanol–water partition coefficient (Wildman–Crippen LogP) is 0.526. The Bertz CT molecular complexity index is 839. The van der Waals surface area contributed by atoms with Crippen molar-refractivity contribution in [2.45, 2.75) is 33.4 Å². The Morgan fingerprint density at radius 2 is 2.04 bits per heavy atom. The van der Waals surface area contributed by atoms with Crippen LogP contribution in [0.25, 0.3) is 11.2 Å². The molecule has 0 spiro atoms. The molecule has 0 N–H and O–H groups in total. The van der Waals surface area contributed by atoms with Crippen molar-refractivity contribution in [1.82, 2.24) is 18.8 Å². The van der Waals surface area contributed by atoms with Crippen LogP contribution in [-0.4, -0.2) is 32.1 Å². The lowest BCUT2D eigenvalue weighted by Gasteiger charge is -2.10. The minimum Gasteiger partial charge on any atom is -0.361 e. The van der Waals surface area contributed by atoms with Gasteiger partial charge < -0.3 is 18.5 Å². The Balaban J connectivity index is 2.41. The largest absolute Gasteiger partial charge is 0.387 e. The van der Waals surface area contributed by atoms with Crippen LogP contribution in [0.5, 0.6) is 0 Å². The van der Waals surface area contributed by atoms with Crippen LogP contribution in [0, 0.1) is 0 Å². The summed E-state index contributed by atoms with van der Waals surface area (Å²) in [6, 6.07) is 0. The van der Waals surface area contributed by atoms with Gasteiger partial charge in [-0.05, 0) is 13.3 Å². The van der Waals surface area contributed by atoms with E-state index in [0.717, 1.165) is 11.0 Å². The molecule has 1 unspecified atom stereocenters. The third-order valence-corrected chi connectivity index (χ3v) is 4.07. The Morgan fingerprint density at radius 1 is 1.29 bits per heavy atom. The van der Waals surface area contributed by atoms with Crippen LogP contribution < -0.4 is 15.9 Å². The zero-order valence-corrected chi connectivity index (χ0v) is 14.9. The quantitative estimate of drug-likeness (QED) is 0.474. The summed E-state index contributed by atoms with van der Waals surface area (Å²) in [4.78, 5) is 28.8. The van der Waals surface area contributed by atoms with Crippen LogP contribution in [0.2, 0.25) is 0 Å². The molecule has 11 heteroatoms. The molecule has 134 valence electrons. The standard InChI is InChI=1S/C13H21N4O6P/c1-4-6-7-22-24(20)23-17-12(18)10-11(15(3)13(17)19)14-8-16(10)9-21-5-2/h8,24H,4-7,9H2,1-3H3. The van der Waals surface area contributed by atoms with E-state index in [0.29, 0.717) is 17.8 Å². The number of fused-ring (bicyclic) bond motifs is 1. The molecule has 0 fully saturated rings. The third-order valence-electron chi connectivity index (χ3n) is 3.30. The van der Waals surface area contributed by atoms with Gasteiger partial charge in [0.15, 0.2) is 11.2 Å². The first-order valence-electron chi connectivity index (χ1n) is 7.60. The lowest BCUT2D eigenvalue weighted by atomic mass is 10.4. The number of aryl methyl sites for hydroxylation is 1. The van der Waals surface area contributed by atoms with E-state index in [1.165, 1.54) is 17.9 Å². The highest BCUT2D eigenvalue weighted by atomic mass is 31.1. The van der Waals surface area contributed by atoms with E-state index in [2.05, 4.69) is 4.98 Å². The number of rotatable bonds is 9. The van der Waals surface area contributed by atoms with E-state index in [1.807, 2.05) is 13.8 Å². The van der Waals surface area contributed by atoms with Crippen molar-refractivity contribution in [1.29, 1.82) is 0 Å². The molecule has 0 aromatic carbocycles. The van der Waals surface area contributed by atoms with Gasteiger partial charge in [-0.3, -0.25) is 9.36 Å². The molecule has 0 bridgehead atoms. The fraction of sp³-hybridized carbons (Fsp3) is 0.615. The second-order valence-electron chi connectivity index (χ2n) is 4.99. The molecule has 0 aliphatic heterocycles. The number of hydrogen-bond donors (Lipinski definition) is 0. The molecule has 10 nitrogen and oxygen atoms in total. The fourth-order valence-corrected chi connectivity index (χ4v) is 2.69. The van der Waals surface area contributed by atoms with Gasteiger partial charge >= 0.3 is 19.5 Å². The highest BCUT2D eigenvalue weighted by Crippen LogP contribution is 2.19. The minimum atomic E-state index is -3.02. The maximum absolute atomic E-state index is 12.5. The molecule has 1 atom stereocenters. The second kappa shape index (κ2) is 8.27. The maximum atomic E-state index is 12.5. The van der Waals surface area contributed by atoms with E-state index < -0.39 is 19.5 Å². The Morgan fingerprint density at radius 3 is 2.71 bits per heavy atom. The molecule has 0 aliphatic rings. The molecule has 2 aromatic heterocycles. The second-order valence-corrected chi connectivity index (χ2v) is 5.96. The Kier molecular flexibility index (Phi) is 6.36. The minimum absolute atomic E-state index is 0.0998. The van der Waals surface area contributed by atoms with Gasteiger partial charge in [0.25, 0.3) is 0 Å². The van der Waals surface area contributed by atoms with Crippen LogP contribution in [0.4, 0.5) is 0 Å². The van der Waals surface area contributed by atoms with Gasteiger partial charge in [0.1, 0.15) is 6.73 Å². The normalized spacial score (nSPS) is 12.6. The summed E-state index contributed by atoms with van der Waals surface area (Å²) in [5, 5.41) is 0. The van der Waals surface area contributed by atoms with E-state index in [1.54, 1.807) is 0 Å². The highest BCUT2D eigenvalue weighted by Gasteiger charge is 2.18. The topological polar surface area (TPSA) is 107 Å². The summed E-state index contributed by atoms with van der Waals surface area (Å²) in [6.07, 6.45) is 2.96. The molecule has 0 saturated carbocycles. The molecule has 24 heavy (non-hydrogen) atoms. The van der Waals surface area contributed by atoms with Gasteiger partial charge in [-0.15, -0.1) is 0 Å². The van der Waals surface area contributed by atoms with Gasteiger partial charge in [0, 0.05) is 13.7 Å². The van der Waals surface area contributed by atoms with Crippen molar-refractivity contribution in [3.63, 3.8) is 0 Å². The van der Waals surface area contributed by atoms with Crippen molar-refractivity contribution in [3.05, 3.63) is 27.2 Å². The summed E-state index contributed by atoms with van der Waals surface area (Å²) in [6.45, 7) is 4.55. The van der Waals surface area contributed by atoms with Crippen LogP contribution in [-0.2, 0) is 27.6 Å². The van der Waals surface area contributed by atoms with E-state index >= 15 is 0 Å². The van der Waals surface area contributed by atoms with E-state index in [9.17, 15) is 14.2 Å². The molecule has 0 saturated heterocycles. The molecule has 2 heterocycles. The van der Waals surface area contributed by atoms with Crippen molar-refractivity contribution < 1.29 is 18.5 Å². The zero-order chi connectivity index (χ0) is 17.7. The van der Waals surface area contributed by atoms with Crippen LogP contribution in [0.15, 0.2) is 15.9 Å². The zero-order valence-electron chi connectivity index (χ0n) is 13.9. The number of imidazole rings is 1. The predicted molar refractivity (Wildman–Crippen MR) is 87.3 cm³/mol. The summed E-state index contributed by atoms with van der Waals surface area (Å²) >= 11 is 0. The Labute approximate surface area is 138 Å². The van der Waals surface area contributed by atoms with Gasteiger partial charge in [-0.25, -0.2) is 14.3 Å². The van der Waals surface area contributed by atoms with Crippen molar-refractivity contribution in [2.75, 3.05) is 13.2 Å². The molecular weight excluding hydrogens is 339 g/mol. The number of hydrogen-bond acceptors (Lipinski definition) is 7. The van der Waals surface area contributed by atoms with Gasteiger partial charge in [-0.2, -0.15) is 0 Å². The van der Waals surface area contributed by atoms with Crippen LogP contribution in [0.1, 0.15) is 26.7 Å². The first kappa shape index (κ1) is 18.4. The molecule has 0 radical (unpaired) electrons. The first-order chi connectivity index (χ1) is 11.5. The van der Waals surface area contributed by atoms with Gasteiger partial charge in [0.05, 0.1) is 12.9 Å². The number of aromatic nitrogens is 4. The number of nitrogens with zero attached hydrogens (tertiary/aromatic N) is 4.